The van der Waals surface area contributed by atoms with Crippen molar-refractivity contribution in [2.24, 2.45) is 0 Å². The van der Waals surface area contributed by atoms with Crippen LogP contribution in [0.2, 0.25) is 5.02 Å². The summed E-state index contributed by atoms with van der Waals surface area (Å²) in [5.41, 5.74) is 4.05. The van der Waals surface area contributed by atoms with E-state index in [4.69, 9.17) is 16.3 Å². The van der Waals surface area contributed by atoms with Crippen LogP contribution in [-0.2, 0) is 20.7 Å². The maximum atomic E-state index is 13.5. The average molecular weight is 438 g/mol. The van der Waals surface area contributed by atoms with Crippen LogP contribution in [-0.4, -0.2) is 59.4 Å². The Hall–Kier alpha value is -2.83. The number of amides is 2. The molecule has 1 fully saturated rings. The molecule has 2 aliphatic rings. The number of methoxy groups -OCH3 is 1. The summed E-state index contributed by atoms with van der Waals surface area (Å²) in [6, 6.07) is 14.8. The average Bonchev–Trinajstić information content (AvgIpc) is 3.15. The van der Waals surface area contributed by atoms with Gasteiger partial charge in [-0.15, -0.1) is 0 Å². The fourth-order valence-electron chi connectivity index (χ4n) is 4.90. The first-order chi connectivity index (χ1) is 15.1. The van der Waals surface area contributed by atoms with Gasteiger partial charge >= 0.3 is 0 Å². The first kappa shape index (κ1) is 20.1. The Morgan fingerprint density at radius 2 is 1.90 bits per heavy atom. The van der Waals surface area contributed by atoms with Crippen molar-refractivity contribution in [2.75, 3.05) is 26.8 Å². The third kappa shape index (κ3) is 3.40. The van der Waals surface area contributed by atoms with Crippen molar-refractivity contribution >= 4 is 34.3 Å². The highest BCUT2D eigenvalue weighted by Gasteiger charge is 2.47. The van der Waals surface area contributed by atoms with Crippen LogP contribution < -0.4 is 0 Å². The predicted molar refractivity (Wildman–Crippen MR) is 119 cm³/mol. The van der Waals surface area contributed by atoms with Gasteiger partial charge in [-0.1, -0.05) is 41.9 Å². The monoisotopic (exact) mass is 437 g/mol. The van der Waals surface area contributed by atoms with Gasteiger partial charge in [0.05, 0.1) is 12.6 Å². The molecule has 1 N–H and O–H groups in total. The van der Waals surface area contributed by atoms with Gasteiger partial charge in [0.15, 0.2) is 0 Å². The van der Waals surface area contributed by atoms with E-state index >= 15 is 0 Å². The van der Waals surface area contributed by atoms with Crippen LogP contribution in [0.3, 0.4) is 0 Å². The molecule has 1 aromatic heterocycles. The fraction of sp³-hybridized carbons (Fsp3) is 0.333. The summed E-state index contributed by atoms with van der Waals surface area (Å²) in [6.07, 6.45) is 1.22. The molecule has 2 atom stereocenters. The molecule has 6 nitrogen and oxygen atoms in total. The third-order valence-corrected chi connectivity index (χ3v) is 6.56. The van der Waals surface area contributed by atoms with Crippen LogP contribution in [0.5, 0.6) is 0 Å². The minimum Gasteiger partial charge on any atom is -0.385 e. The number of rotatable bonds is 5. The number of nitrogens with one attached hydrogen (secondary N) is 1. The minimum atomic E-state index is -0.517. The number of ether oxygens (including phenoxy) is 1. The third-order valence-electron chi connectivity index (χ3n) is 6.30. The highest BCUT2D eigenvalue weighted by Crippen LogP contribution is 2.42. The van der Waals surface area contributed by atoms with E-state index in [1.165, 1.54) is 0 Å². The van der Waals surface area contributed by atoms with E-state index in [1.54, 1.807) is 16.9 Å². The second kappa shape index (κ2) is 8.02. The number of carbonyl (C=O) groups is 2. The number of aromatic nitrogens is 1. The molecule has 1 saturated heterocycles. The maximum absolute atomic E-state index is 13.5. The Labute approximate surface area is 185 Å². The molecular weight excluding hydrogens is 414 g/mol. The number of aromatic amines is 1. The lowest BCUT2D eigenvalue weighted by Gasteiger charge is -2.47. The van der Waals surface area contributed by atoms with E-state index in [0.717, 1.165) is 27.7 Å². The maximum Gasteiger partial charge on any atom is 0.246 e. The lowest BCUT2D eigenvalue weighted by atomic mass is 9.86. The molecule has 0 spiro atoms. The molecule has 7 heteroatoms. The Morgan fingerprint density at radius 3 is 2.68 bits per heavy atom. The lowest BCUT2D eigenvalue weighted by Crippen LogP contribution is -2.63. The standard InChI is InChI=1S/C24H24ClN3O3/c1-31-12-4-11-27-14-21(29)28-20(24(27)30)13-18-17-5-2-3-6-19(17)26-22(18)23(28)15-7-9-16(25)10-8-15/h2-3,5-10,20,23,26H,4,11-14H2,1H3/t20-,23+/m0/s1. The number of halogens is 1. The minimum absolute atomic E-state index is 0.00518. The Bertz CT molecular complexity index is 1140. The summed E-state index contributed by atoms with van der Waals surface area (Å²) in [7, 11) is 1.64. The van der Waals surface area contributed by atoms with Gasteiger partial charge in [-0.25, -0.2) is 0 Å². The molecule has 3 heterocycles. The number of hydrogen-bond acceptors (Lipinski definition) is 3. The summed E-state index contributed by atoms with van der Waals surface area (Å²) in [5.74, 6) is -0.0307. The Kier molecular flexibility index (Phi) is 5.20. The number of H-pyrrole nitrogens is 1. The van der Waals surface area contributed by atoms with E-state index < -0.39 is 6.04 Å². The normalized spacial score (nSPS) is 20.8. The van der Waals surface area contributed by atoms with Gasteiger partial charge in [0, 0.05) is 48.3 Å². The van der Waals surface area contributed by atoms with Gasteiger partial charge in [-0.3, -0.25) is 9.59 Å². The van der Waals surface area contributed by atoms with Crippen molar-refractivity contribution in [3.8, 4) is 0 Å². The SMILES string of the molecule is COCCCN1CC(=O)N2[C@H](c3ccc(Cl)cc3)c3[nH]c4ccccc4c3C[C@H]2C1=O. The first-order valence-electron chi connectivity index (χ1n) is 10.5. The quantitative estimate of drug-likeness (QED) is 0.621. The molecular formula is C24H24ClN3O3. The van der Waals surface area contributed by atoms with Crippen molar-refractivity contribution < 1.29 is 14.3 Å². The molecule has 0 aliphatic carbocycles. The van der Waals surface area contributed by atoms with Crippen LogP contribution in [0.4, 0.5) is 0 Å². The van der Waals surface area contributed by atoms with Crippen molar-refractivity contribution in [3.63, 3.8) is 0 Å². The molecule has 160 valence electrons. The molecule has 2 aliphatic heterocycles. The van der Waals surface area contributed by atoms with Crippen LogP contribution in [0.15, 0.2) is 48.5 Å². The molecule has 0 radical (unpaired) electrons. The fourth-order valence-corrected chi connectivity index (χ4v) is 5.03. The van der Waals surface area contributed by atoms with E-state index in [9.17, 15) is 9.59 Å². The largest absolute Gasteiger partial charge is 0.385 e. The molecule has 0 unspecified atom stereocenters. The number of piperazine rings is 1. The molecule has 2 amide bonds. The zero-order valence-corrected chi connectivity index (χ0v) is 18.1. The number of carbonyl (C=O) groups excluding carboxylic acids is 2. The first-order valence-corrected chi connectivity index (χ1v) is 10.9. The summed E-state index contributed by atoms with van der Waals surface area (Å²) < 4.78 is 5.12. The second-order valence-corrected chi connectivity index (χ2v) is 8.58. The molecule has 5 rings (SSSR count). The van der Waals surface area contributed by atoms with Gasteiger partial charge in [0.2, 0.25) is 11.8 Å². The second-order valence-electron chi connectivity index (χ2n) is 8.14. The van der Waals surface area contributed by atoms with E-state index in [0.29, 0.717) is 31.0 Å². The van der Waals surface area contributed by atoms with Gasteiger partial charge < -0.3 is 19.5 Å². The Balaban J connectivity index is 1.61. The number of para-hydroxylation sites is 1. The number of benzene rings is 2. The van der Waals surface area contributed by atoms with Crippen LogP contribution in [0.1, 0.15) is 29.3 Å². The van der Waals surface area contributed by atoms with Gasteiger partial charge in [-0.05, 0) is 35.7 Å². The van der Waals surface area contributed by atoms with Gasteiger partial charge in [0.1, 0.15) is 6.04 Å². The highest BCUT2D eigenvalue weighted by atomic mass is 35.5. The molecule has 0 saturated carbocycles. The molecule has 0 bridgehead atoms. The molecule has 31 heavy (non-hydrogen) atoms. The lowest BCUT2D eigenvalue weighted by molar-refractivity contribution is -0.158. The summed E-state index contributed by atoms with van der Waals surface area (Å²) in [5, 5.41) is 1.74. The van der Waals surface area contributed by atoms with Crippen molar-refractivity contribution in [2.45, 2.75) is 24.9 Å². The van der Waals surface area contributed by atoms with Gasteiger partial charge in [-0.2, -0.15) is 0 Å². The predicted octanol–water partition coefficient (Wildman–Crippen LogP) is 3.54. The zero-order valence-electron chi connectivity index (χ0n) is 17.3. The summed E-state index contributed by atoms with van der Waals surface area (Å²) in [4.78, 5) is 33.8. The summed E-state index contributed by atoms with van der Waals surface area (Å²) in [6.45, 7) is 1.18. The number of fused-ring (bicyclic) bond motifs is 4. The smallest absolute Gasteiger partial charge is 0.246 e. The number of nitrogens with zero attached hydrogens (tertiary/aromatic N) is 2. The topological polar surface area (TPSA) is 65.6 Å². The van der Waals surface area contributed by atoms with E-state index in [-0.39, 0.29) is 24.4 Å². The van der Waals surface area contributed by atoms with Gasteiger partial charge in [0.25, 0.3) is 0 Å². The van der Waals surface area contributed by atoms with Crippen molar-refractivity contribution in [1.82, 2.24) is 14.8 Å². The number of hydrogen-bond donors (Lipinski definition) is 1. The van der Waals surface area contributed by atoms with Crippen molar-refractivity contribution in [3.05, 3.63) is 70.4 Å². The molecule has 2 aromatic carbocycles. The summed E-state index contributed by atoms with van der Waals surface area (Å²) >= 11 is 6.12. The zero-order chi connectivity index (χ0) is 21.5. The van der Waals surface area contributed by atoms with Crippen LogP contribution >= 0.6 is 11.6 Å². The van der Waals surface area contributed by atoms with E-state index in [1.807, 2.05) is 42.5 Å². The van der Waals surface area contributed by atoms with Crippen LogP contribution in [0.25, 0.3) is 10.9 Å². The van der Waals surface area contributed by atoms with Crippen LogP contribution in [0, 0.1) is 0 Å². The van der Waals surface area contributed by atoms with E-state index in [2.05, 4.69) is 11.1 Å². The molecule has 3 aromatic rings. The highest BCUT2D eigenvalue weighted by molar-refractivity contribution is 6.30. The Morgan fingerprint density at radius 1 is 1.13 bits per heavy atom. The van der Waals surface area contributed by atoms with Crippen molar-refractivity contribution in [1.29, 1.82) is 0 Å².